The molecule has 9 heteroatoms. The number of benzene rings is 5. The molecule has 0 aliphatic carbocycles. The van der Waals surface area contributed by atoms with E-state index in [1.54, 1.807) is 12.1 Å². The molecule has 9 nitrogen and oxygen atoms in total. The number of rotatable bonds is 11. The van der Waals surface area contributed by atoms with E-state index in [9.17, 15) is 9.90 Å². The molecule has 0 saturated carbocycles. The van der Waals surface area contributed by atoms with Crippen molar-refractivity contribution in [2.24, 2.45) is 5.92 Å². The van der Waals surface area contributed by atoms with Gasteiger partial charge in [-0.15, -0.1) is 0 Å². The van der Waals surface area contributed by atoms with E-state index < -0.39 is 6.29 Å². The van der Waals surface area contributed by atoms with E-state index in [0.29, 0.717) is 17.1 Å². The maximum absolute atomic E-state index is 13.0. The number of carbonyl (C=O) groups excluding carboxylic acids is 1. The fourth-order valence-electron chi connectivity index (χ4n) is 6.84. The van der Waals surface area contributed by atoms with Gasteiger partial charge in [-0.2, -0.15) is 0 Å². The lowest BCUT2D eigenvalue weighted by Crippen LogP contribution is -2.51. The van der Waals surface area contributed by atoms with Crippen LogP contribution in [-0.2, 0) is 22.6 Å². The quantitative estimate of drug-likeness (QED) is 0.128. The average molecular weight is 699 g/mol. The number of amides is 2. The van der Waals surface area contributed by atoms with Gasteiger partial charge in [-0.25, -0.2) is 4.79 Å². The van der Waals surface area contributed by atoms with Gasteiger partial charge in [0, 0.05) is 62.1 Å². The molecular weight excluding hydrogens is 652 g/mol. The second-order valence-corrected chi connectivity index (χ2v) is 13.5. The normalized spacial score (nSPS) is 21.0. The molecule has 2 heterocycles. The van der Waals surface area contributed by atoms with Gasteiger partial charge in [0.15, 0.2) is 6.29 Å². The summed E-state index contributed by atoms with van der Waals surface area (Å²) in [5.41, 5.74) is 5.33. The number of nitrogens with one attached hydrogen (secondary N) is 2. The highest BCUT2D eigenvalue weighted by atomic mass is 16.7. The number of urea groups is 1. The smallest absolute Gasteiger partial charge is 0.323 e. The Labute approximate surface area is 305 Å². The number of carbonyl (C=O) groups is 1. The van der Waals surface area contributed by atoms with Crippen LogP contribution in [0.3, 0.4) is 0 Å². The standard InChI is InChI=1S/C43H46N4O5/c1-31-40(29-47-25-23-46(24-26-47)28-32-9-4-2-5-10-32)51-42(52-41(31)34-17-15-33(30-48)16-18-34)35-11-8-12-37(27-35)45-43(49)44-36-19-21-39(22-20-36)50-38-13-6-3-7-14-38/h2-22,27,31,40-42,48H,23-26,28-30H2,1H3,(H2,44,45,49)/t31-,40+,41+,42+/m0/s1. The minimum atomic E-state index is -0.634. The van der Waals surface area contributed by atoms with E-state index >= 15 is 0 Å². The summed E-state index contributed by atoms with van der Waals surface area (Å²) >= 11 is 0. The third kappa shape index (κ3) is 9.25. The summed E-state index contributed by atoms with van der Waals surface area (Å²) in [6, 6.07) is 42.7. The number of piperazine rings is 1. The lowest BCUT2D eigenvalue weighted by atomic mass is 9.90. The Morgan fingerprint density at radius 2 is 1.35 bits per heavy atom. The van der Waals surface area contributed by atoms with Gasteiger partial charge in [-0.1, -0.05) is 91.9 Å². The molecule has 0 spiro atoms. The van der Waals surface area contributed by atoms with Crippen LogP contribution in [0, 0.1) is 5.92 Å². The van der Waals surface area contributed by atoms with E-state index in [-0.39, 0.29) is 30.8 Å². The molecule has 5 aromatic carbocycles. The first-order valence-corrected chi connectivity index (χ1v) is 18.0. The Morgan fingerprint density at radius 1 is 0.692 bits per heavy atom. The molecule has 52 heavy (non-hydrogen) atoms. The fraction of sp³-hybridized carbons (Fsp3) is 0.279. The second-order valence-electron chi connectivity index (χ2n) is 13.5. The molecule has 0 unspecified atom stereocenters. The van der Waals surface area contributed by atoms with Crippen molar-refractivity contribution in [2.75, 3.05) is 43.4 Å². The molecule has 5 aromatic rings. The molecule has 2 saturated heterocycles. The Balaban J connectivity index is 1.01. The van der Waals surface area contributed by atoms with Crippen LogP contribution in [0.25, 0.3) is 0 Å². The van der Waals surface area contributed by atoms with Crippen LogP contribution >= 0.6 is 0 Å². The van der Waals surface area contributed by atoms with Crippen LogP contribution in [0.4, 0.5) is 16.2 Å². The van der Waals surface area contributed by atoms with Crippen molar-refractivity contribution >= 4 is 17.4 Å². The maximum atomic E-state index is 13.0. The Morgan fingerprint density at radius 3 is 2.06 bits per heavy atom. The highest BCUT2D eigenvalue weighted by Gasteiger charge is 2.39. The zero-order valence-electron chi connectivity index (χ0n) is 29.4. The van der Waals surface area contributed by atoms with Gasteiger partial charge in [0.25, 0.3) is 0 Å². The largest absolute Gasteiger partial charge is 0.457 e. The number of hydrogen-bond donors (Lipinski definition) is 3. The summed E-state index contributed by atoms with van der Waals surface area (Å²) in [5.74, 6) is 1.50. The van der Waals surface area contributed by atoms with Crippen molar-refractivity contribution in [3.8, 4) is 11.5 Å². The zero-order chi connectivity index (χ0) is 35.7. The van der Waals surface area contributed by atoms with Crippen molar-refractivity contribution in [3.63, 3.8) is 0 Å². The van der Waals surface area contributed by atoms with Gasteiger partial charge in [0.2, 0.25) is 0 Å². The summed E-state index contributed by atoms with van der Waals surface area (Å²) in [4.78, 5) is 18.0. The van der Waals surface area contributed by atoms with E-state index in [1.165, 1.54) is 5.56 Å². The molecule has 2 aliphatic rings. The predicted octanol–water partition coefficient (Wildman–Crippen LogP) is 8.22. The van der Waals surface area contributed by atoms with Crippen LogP contribution in [0.5, 0.6) is 11.5 Å². The molecule has 0 radical (unpaired) electrons. The second kappa shape index (κ2) is 17.0. The van der Waals surface area contributed by atoms with Crippen molar-refractivity contribution in [2.45, 2.75) is 38.6 Å². The first-order valence-electron chi connectivity index (χ1n) is 18.0. The lowest BCUT2D eigenvalue weighted by Gasteiger charge is -2.44. The number of nitrogens with zero attached hydrogens (tertiary/aromatic N) is 2. The van der Waals surface area contributed by atoms with Crippen LogP contribution < -0.4 is 15.4 Å². The number of hydrogen-bond acceptors (Lipinski definition) is 7. The Hall–Kier alpha value is -5.03. The van der Waals surface area contributed by atoms with Gasteiger partial charge in [0.1, 0.15) is 11.5 Å². The Kier molecular flexibility index (Phi) is 11.6. The SMILES string of the molecule is C[C@H]1[C@@H](CN2CCN(Cc3ccccc3)CC2)O[C@@H](c2cccc(NC(=O)Nc3ccc(Oc4ccccc4)cc3)c2)O[C@H]1c1ccc(CO)cc1. The van der Waals surface area contributed by atoms with Gasteiger partial charge in [0.05, 0.1) is 18.8 Å². The van der Waals surface area contributed by atoms with Crippen LogP contribution in [0.2, 0.25) is 0 Å². The molecule has 7 rings (SSSR count). The summed E-state index contributed by atoms with van der Waals surface area (Å²) < 4.78 is 19.3. The van der Waals surface area contributed by atoms with E-state index in [1.807, 2.05) is 91.0 Å². The summed E-state index contributed by atoms with van der Waals surface area (Å²) in [5, 5.41) is 15.5. The molecule has 2 amide bonds. The van der Waals surface area contributed by atoms with Crippen molar-refractivity contribution < 1.29 is 24.1 Å². The summed E-state index contributed by atoms with van der Waals surface area (Å²) in [6.45, 7) is 7.89. The van der Waals surface area contributed by atoms with Crippen molar-refractivity contribution in [3.05, 3.63) is 156 Å². The van der Waals surface area contributed by atoms with Crippen molar-refractivity contribution in [1.82, 2.24) is 9.80 Å². The number of ether oxygens (including phenoxy) is 3. The topological polar surface area (TPSA) is 95.5 Å². The summed E-state index contributed by atoms with van der Waals surface area (Å²) in [6.07, 6.45) is -0.939. The first kappa shape index (κ1) is 35.4. The third-order valence-electron chi connectivity index (χ3n) is 9.78. The van der Waals surface area contributed by atoms with Gasteiger partial charge < -0.3 is 30.0 Å². The highest BCUT2D eigenvalue weighted by molar-refractivity contribution is 5.99. The number of aliphatic hydroxyl groups is 1. The van der Waals surface area contributed by atoms with E-state index in [0.717, 1.165) is 61.7 Å². The molecule has 268 valence electrons. The zero-order valence-corrected chi connectivity index (χ0v) is 29.4. The molecule has 4 atom stereocenters. The molecular formula is C43H46N4O5. The molecule has 0 aromatic heterocycles. The minimum absolute atomic E-state index is 0.00662. The summed E-state index contributed by atoms with van der Waals surface area (Å²) in [7, 11) is 0. The highest BCUT2D eigenvalue weighted by Crippen LogP contribution is 2.42. The monoisotopic (exact) mass is 698 g/mol. The van der Waals surface area contributed by atoms with Gasteiger partial charge in [-0.3, -0.25) is 9.80 Å². The van der Waals surface area contributed by atoms with E-state index in [4.69, 9.17) is 14.2 Å². The lowest BCUT2D eigenvalue weighted by molar-refractivity contribution is -0.276. The molecule has 2 fully saturated rings. The molecule has 3 N–H and O–H groups in total. The Bertz CT molecular complexity index is 1870. The molecule has 2 aliphatic heterocycles. The van der Waals surface area contributed by atoms with Gasteiger partial charge >= 0.3 is 6.03 Å². The van der Waals surface area contributed by atoms with E-state index in [2.05, 4.69) is 57.7 Å². The van der Waals surface area contributed by atoms with Crippen LogP contribution in [0.1, 0.15) is 41.6 Å². The number of anilines is 2. The predicted molar refractivity (Wildman–Crippen MR) is 203 cm³/mol. The minimum Gasteiger partial charge on any atom is -0.457 e. The molecule has 0 bridgehead atoms. The van der Waals surface area contributed by atoms with Crippen LogP contribution in [0.15, 0.2) is 133 Å². The van der Waals surface area contributed by atoms with Crippen molar-refractivity contribution in [1.29, 1.82) is 0 Å². The number of para-hydroxylation sites is 1. The first-order chi connectivity index (χ1) is 25.5. The third-order valence-corrected chi connectivity index (χ3v) is 9.78. The fourth-order valence-corrected chi connectivity index (χ4v) is 6.84. The van der Waals surface area contributed by atoms with Crippen LogP contribution in [-0.4, -0.2) is 59.8 Å². The number of aliphatic hydroxyl groups excluding tert-OH is 1. The maximum Gasteiger partial charge on any atom is 0.323 e. The van der Waals surface area contributed by atoms with Gasteiger partial charge in [-0.05, 0) is 65.2 Å². The average Bonchev–Trinajstić information content (AvgIpc) is 3.18.